The van der Waals surface area contributed by atoms with Gasteiger partial charge in [-0.2, -0.15) is 0 Å². The van der Waals surface area contributed by atoms with Crippen LogP contribution < -0.4 is 0 Å². The van der Waals surface area contributed by atoms with E-state index in [-0.39, 0.29) is 28.9 Å². The molecule has 1 rings (SSSR count). The van der Waals surface area contributed by atoms with Gasteiger partial charge in [-0.1, -0.05) is 63.0 Å². The fourth-order valence-electron chi connectivity index (χ4n) is 3.57. The Labute approximate surface area is 167 Å². The number of ether oxygens (including phenoxy) is 1. The largest absolute Gasteiger partial charge is 0.461 e. The van der Waals surface area contributed by atoms with Crippen LogP contribution in [0.4, 0.5) is 0 Å². The van der Waals surface area contributed by atoms with Crippen molar-refractivity contribution in [2.75, 3.05) is 0 Å². The maximum absolute atomic E-state index is 12.8. The molecule has 4 heteroatoms. The van der Waals surface area contributed by atoms with Crippen LogP contribution in [0.2, 0.25) is 0 Å². The number of esters is 1. The Hall–Kier alpha value is -1.43. The molecule has 0 heterocycles. The van der Waals surface area contributed by atoms with Crippen molar-refractivity contribution in [2.24, 2.45) is 17.3 Å². The van der Waals surface area contributed by atoms with Crippen LogP contribution in [-0.2, 0) is 22.6 Å². The minimum Gasteiger partial charge on any atom is -0.461 e. The molecule has 0 aliphatic rings. The average molecular weight is 395 g/mol. The molecule has 0 bridgehead atoms. The van der Waals surface area contributed by atoms with E-state index in [0.717, 1.165) is 22.3 Å². The molecule has 0 saturated heterocycles. The van der Waals surface area contributed by atoms with E-state index < -0.39 is 5.41 Å². The Kier molecular flexibility index (Phi) is 8.25. The molecule has 142 valence electrons. The SMILES string of the molecule is C#CCc1cc(C)c(COC(=O)C(C(C)C)C(C)(C)C=C(Cl)Cl)c(C)c1. The second-order valence-electron chi connectivity index (χ2n) is 7.67. The van der Waals surface area contributed by atoms with E-state index in [1.54, 1.807) is 6.08 Å². The number of terminal acetylenes is 1. The first kappa shape index (κ1) is 22.6. The zero-order valence-corrected chi connectivity index (χ0v) is 18.0. The number of carbonyl (C=O) groups is 1. The summed E-state index contributed by atoms with van der Waals surface area (Å²) in [6.07, 6.45) is 7.69. The van der Waals surface area contributed by atoms with Gasteiger partial charge in [0.25, 0.3) is 0 Å². The van der Waals surface area contributed by atoms with Gasteiger partial charge in [0, 0.05) is 6.42 Å². The Bertz CT molecular complexity index is 697. The zero-order valence-electron chi connectivity index (χ0n) is 16.5. The van der Waals surface area contributed by atoms with Crippen molar-refractivity contribution in [3.63, 3.8) is 0 Å². The van der Waals surface area contributed by atoms with Crippen LogP contribution in [0.3, 0.4) is 0 Å². The van der Waals surface area contributed by atoms with E-state index in [4.69, 9.17) is 34.4 Å². The summed E-state index contributed by atoms with van der Waals surface area (Å²) >= 11 is 11.7. The molecule has 1 aromatic carbocycles. The Morgan fingerprint density at radius 3 is 2.23 bits per heavy atom. The smallest absolute Gasteiger partial charge is 0.310 e. The van der Waals surface area contributed by atoms with Gasteiger partial charge in [-0.15, -0.1) is 12.3 Å². The lowest BCUT2D eigenvalue weighted by Gasteiger charge is -2.33. The van der Waals surface area contributed by atoms with Crippen LogP contribution in [0.15, 0.2) is 22.7 Å². The topological polar surface area (TPSA) is 26.3 Å². The van der Waals surface area contributed by atoms with Gasteiger partial charge in [-0.05, 0) is 53.5 Å². The summed E-state index contributed by atoms with van der Waals surface area (Å²) < 4.78 is 5.84. The lowest BCUT2D eigenvalue weighted by molar-refractivity contribution is -0.155. The number of hydrogen-bond acceptors (Lipinski definition) is 2. The first-order valence-electron chi connectivity index (χ1n) is 8.72. The molecule has 0 aromatic heterocycles. The lowest BCUT2D eigenvalue weighted by Crippen LogP contribution is -2.35. The second kappa shape index (κ2) is 9.49. The zero-order chi connectivity index (χ0) is 20.1. The van der Waals surface area contributed by atoms with Gasteiger partial charge >= 0.3 is 5.97 Å². The molecule has 1 unspecified atom stereocenters. The molecule has 0 aliphatic carbocycles. The highest BCUT2D eigenvalue weighted by Crippen LogP contribution is 2.37. The van der Waals surface area contributed by atoms with Crippen molar-refractivity contribution in [1.82, 2.24) is 0 Å². The summed E-state index contributed by atoms with van der Waals surface area (Å²) in [5, 5.41) is 0. The van der Waals surface area contributed by atoms with E-state index in [2.05, 4.69) is 18.1 Å². The normalized spacial score (nSPS) is 12.5. The molecule has 26 heavy (non-hydrogen) atoms. The minimum atomic E-state index is -0.509. The third kappa shape index (κ3) is 6.08. The highest BCUT2D eigenvalue weighted by atomic mass is 35.5. The van der Waals surface area contributed by atoms with Crippen LogP contribution in [0.1, 0.15) is 49.9 Å². The number of hydrogen-bond donors (Lipinski definition) is 0. The molecular weight excluding hydrogens is 367 g/mol. The number of carbonyl (C=O) groups excluding carboxylic acids is 1. The monoisotopic (exact) mass is 394 g/mol. The fraction of sp³-hybridized carbons (Fsp3) is 0.500. The quantitative estimate of drug-likeness (QED) is 0.409. The van der Waals surface area contributed by atoms with Gasteiger partial charge in [0.2, 0.25) is 0 Å². The summed E-state index contributed by atoms with van der Waals surface area (Å²) in [4.78, 5) is 12.8. The van der Waals surface area contributed by atoms with Gasteiger partial charge in [0.05, 0.1) is 5.92 Å². The van der Waals surface area contributed by atoms with Crippen molar-refractivity contribution in [2.45, 2.75) is 54.6 Å². The van der Waals surface area contributed by atoms with Crippen molar-refractivity contribution >= 4 is 29.2 Å². The Morgan fingerprint density at radius 2 is 1.81 bits per heavy atom. The van der Waals surface area contributed by atoms with Crippen LogP contribution in [0.5, 0.6) is 0 Å². The summed E-state index contributed by atoms with van der Waals surface area (Å²) in [6, 6.07) is 4.10. The first-order chi connectivity index (χ1) is 12.0. The summed E-state index contributed by atoms with van der Waals surface area (Å²) in [6.45, 7) is 12.1. The predicted octanol–water partition coefficient (Wildman–Crippen LogP) is 6.14. The van der Waals surface area contributed by atoms with E-state index in [0.29, 0.717) is 6.42 Å². The van der Waals surface area contributed by atoms with E-state index in [9.17, 15) is 4.79 Å². The molecule has 0 radical (unpaired) electrons. The summed E-state index contributed by atoms with van der Waals surface area (Å²) in [5.74, 6) is 2.14. The van der Waals surface area contributed by atoms with E-state index >= 15 is 0 Å². The molecule has 2 nitrogen and oxygen atoms in total. The number of rotatable bonds is 7. The van der Waals surface area contributed by atoms with Gasteiger partial charge < -0.3 is 4.74 Å². The number of allylic oxidation sites excluding steroid dienone is 1. The van der Waals surface area contributed by atoms with Crippen LogP contribution in [0, 0.1) is 43.4 Å². The van der Waals surface area contributed by atoms with Crippen molar-refractivity contribution in [3.8, 4) is 12.3 Å². The first-order valence-corrected chi connectivity index (χ1v) is 9.48. The maximum atomic E-state index is 12.8. The third-order valence-electron chi connectivity index (χ3n) is 4.62. The molecule has 0 aliphatic heterocycles. The summed E-state index contributed by atoms with van der Waals surface area (Å²) in [7, 11) is 0. The Balaban J connectivity index is 3.00. The van der Waals surface area contributed by atoms with Gasteiger partial charge in [-0.3, -0.25) is 4.79 Å². The number of aryl methyl sites for hydroxylation is 2. The average Bonchev–Trinajstić information content (AvgIpc) is 2.44. The van der Waals surface area contributed by atoms with E-state index in [1.165, 1.54) is 0 Å². The molecule has 0 amide bonds. The van der Waals surface area contributed by atoms with Crippen molar-refractivity contribution < 1.29 is 9.53 Å². The second-order valence-corrected chi connectivity index (χ2v) is 8.68. The molecule has 0 spiro atoms. The molecular formula is C22H28Cl2O2. The van der Waals surface area contributed by atoms with Crippen LogP contribution >= 0.6 is 23.2 Å². The minimum absolute atomic E-state index is 0.0848. The Morgan fingerprint density at radius 1 is 1.27 bits per heavy atom. The molecule has 0 N–H and O–H groups in total. The maximum Gasteiger partial charge on any atom is 0.310 e. The van der Waals surface area contributed by atoms with Gasteiger partial charge in [0.15, 0.2) is 0 Å². The predicted molar refractivity (Wildman–Crippen MR) is 110 cm³/mol. The molecule has 1 atom stereocenters. The van der Waals surface area contributed by atoms with E-state index in [1.807, 2.05) is 41.5 Å². The van der Waals surface area contributed by atoms with Crippen molar-refractivity contribution in [3.05, 3.63) is 45.0 Å². The lowest BCUT2D eigenvalue weighted by atomic mass is 9.73. The number of benzene rings is 1. The molecule has 1 aromatic rings. The van der Waals surface area contributed by atoms with Crippen LogP contribution in [0.25, 0.3) is 0 Å². The molecule has 0 saturated carbocycles. The molecule has 0 fully saturated rings. The highest BCUT2D eigenvalue weighted by molar-refractivity contribution is 6.55. The van der Waals surface area contributed by atoms with Crippen molar-refractivity contribution in [1.29, 1.82) is 0 Å². The fourth-order valence-corrected chi connectivity index (χ4v) is 4.13. The third-order valence-corrected chi connectivity index (χ3v) is 4.84. The van der Waals surface area contributed by atoms with Crippen LogP contribution in [-0.4, -0.2) is 5.97 Å². The standard InChI is InChI=1S/C22H28Cl2O2/c1-8-9-17-10-15(4)18(16(5)11-17)13-26-21(25)20(14(2)3)22(6,7)12-19(23)24/h1,10-12,14,20H,9,13H2,2-7H3. The van der Waals surface area contributed by atoms with Gasteiger partial charge in [0.1, 0.15) is 11.1 Å². The van der Waals surface area contributed by atoms with Gasteiger partial charge in [-0.25, -0.2) is 0 Å². The highest BCUT2D eigenvalue weighted by Gasteiger charge is 2.37. The number of halogens is 2. The summed E-state index contributed by atoms with van der Waals surface area (Å²) in [5.41, 5.74) is 3.76.